The normalized spacial score (nSPS) is 13.2. The first-order chi connectivity index (χ1) is 5.77. The monoisotopic (exact) mass is 233 g/mol. The lowest BCUT2D eigenvalue weighted by Crippen LogP contribution is -2.08. The molecule has 3 nitrogen and oxygen atoms in total. The Balaban J connectivity index is 2.66. The number of rotatable bonds is 4. The van der Waals surface area contributed by atoms with Crippen LogP contribution >= 0.6 is 15.9 Å². The van der Waals surface area contributed by atoms with Crippen molar-refractivity contribution in [3.63, 3.8) is 0 Å². The second-order valence-electron chi connectivity index (χ2n) is 2.44. The number of nitrogens with two attached hydrogens (primary N) is 1. The van der Waals surface area contributed by atoms with Gasteiger partial charge in [0.05, 0.1) is 0 Å². The third-order valence-electron chi connectivity index (χ3n) is 1.62. The minimum atomic E-state index is -0.0266. The quantitative estimate of drug-likeness (QED) is 0.867. The van der Waals surface area contributed by atoms with Gasteiger partial charge in [0, 0.05) is 7.11 Å². The van der Waals surface area contributed by atoms with Gasteiger partial charge in [-0.3, -0.25) is 0 Å². The topological polar surface area (TPSA) is 48.4 Å². The summed E-state index contributed by atoms with van der Waals surface area (Å²) < 4.78 is 11.2. The standard InChI is InChI=1S/C8H12BrNO2/c1-11-6(4-5-10)7-2-3-8(9)12-7/h2-3,6H,4-5,10H2,1H3. The highest BCUT2D eigenvalue weighted by atomic mass is 79.9. The number of methoxy groups -OCH3 is 1. The van der Waals surface area contributed by atoms with E-state index < -0.39 is 0 Å². The molecule has 1 aromatic heterocycles. The molecule has 68 valence electrons. The molecular weight excluding hydrogens is 222 g/mol. The van der Waals surface area contributed by atoms with Crippen LogP contribution in [0.4, 0.5) is 0 Å². The fraction of sp³-hybridized carbons (Fsp3) is 0.500. The van der Waals surface area contributed by atoms with Gasteiger partial charge in [0.25, 0.3) is 0 Å². The van der Waals surface area contributed by atoms with E-state index in [9.17, 15) is 0 Å². The number of halogens is 1. The van der Waals surface area contributed by atoms with Gasteiger partial charge in [-0.15, -0.1) is 0 Å². The molecule has 0 bridgehead atoms. The van der Waals surface area contributed by atoms with Crippen LogP contribution < -0.4 is 5.73 Å². The highest BCUT2D eigenvalue weighted by Gasteiger charge is 2.12. The largest absolute Gasteiger partial charge is 0.452 e. The van der Waals surface area contributed by atoms with Gasteiger partial charge in [-0.05, 0) is 41.0 Å². The summed E-state index contributed by atoms with van der Waals surface area (Å²) in [6.07, 6.45) is 0.748. The minimum absolute atomic E-state index is 0.0266. The van der Waals surface area contributed by atoms with Crippen LogP contribution in [0.5, 0.6) is 0 Å². The van der Waals surface area contributed by atoms with Crippen molar-refractivity contribution in [3.8, 4) is 0 Å². The van der Waals surface area contributed by atoms with E-state index in [0.717, 1.165) is 16.9 Å². The zero-order chi connectivity index (χ0) is 8.97. The smallest absolute Gasteiger partial charge is 0.169 e. The van der Waals surface area contributed by atoms with Crippen LogP contribution in [-0.2, 0) is 4.74 Å². The molecule has 12 heavy (non-hydrogen) atoms. The predicted molar refractivity (Wildman–Crippen MR) is 49.8 cm³/mol. The summed E-state index contributed by atoms with van der Waals surface area (Å²) in [5.41, 5.74) is 5.42. The van der Waals surface area contributed by atoms with E-state index in [1.165, 1.54) is 0 Å². The first-order valence-electron chi connectivity index (χ1n) is 3.76. The molecule has 1 atom stereocenters. The average Bonchev–Trinajstić information content (AvgIpc) is 2.47. The third kappa shape index (κ3) is 2.33. The Bertz CT molecular complexity index is 237. The van der Waals surface area contributed by atoms with E-state index >= 15 is 0 Å². The Morgan fingerprint density at radius 1 is 1.67 bits per heavy atom. The summed E-state index contributed by atoms with van der Waals surface area (Å²) in [6.45, 7) is 0.594. The van der Waals surface area contributed by atoms with Crippen LogP contribution in [0.15, 0.2) is 21.2 Å². The van der Waals surface area contributed by atoms with Crippen molar-refractivity contribution in [2.75, 3.05) is 13.7 Å². The molecule has 0 amide bonds. The molecule has 1 rings (SSSR count). The molecule has 1 heterocycles. The molecule has 0 spiro atoms. The van der Waals surface area contributed by atoms with Crippen LogP contribution in [-0.4, -0.2) is 13.7 Å². The molecular formula is C8H12BrNO2. The van der Waals surface area contributed by atoms with E-state index in [0.29, 0.717) is 6.54 Å². The molecule has 0 aliphatic carbocycles. The Morgan fingerprint density at radius 2 is 2.42 bits per heavy atom. The summed E-state index contributed by atoms with van der Waals surface area (Å²) in [5.74, 6) is 0.815. The van der Waals surface area contributed by atoms with Gasteiger partial charge < -0.3 is 14.9 Å². The van der Waals surface area contributed by atoms with Crippen LogP contribution in [0.3, 0.4) is 0 Å². The summed E-state index contributed by atoms with van der Waals surface area (Å²) in [5, 5.41) is 0. The Morgan fingerprint density at radius 3 is 2.83 bits per heavy atom. The highest BCUT2D eigenvalue weighted by Crippen LogP contribution is 2.24. The van der Waals surface area contributed by atoms with E-state index in [-0.39, 0.29) is 6.10 Å². The van der Waals surface area contributed by atoms with E-state index in [2.05, 4.69) is 15.9 Å². The van der Waals surface area contributed by atoms with E-state index in [1.807, 2.05) is 12.1 Å². The van der Waals surface area contributed by atoms with Gasteiger partial charge in [0.1, 0.15) is 11.9 Å². The molecule has 0 saturated carbocycles. The average molecular weight is 234 g/mol. The number of ether oxygens (including phenoxy) is 1. The van der Waals surface area contributed by atoms with Gasteiger partial charge >= 0.3 is 0 Å². The van der Waals surface area contributed by atoms with Gasteiger partial charge in [-0.1, -0.05) is 0 Å². The van der Waals surface area contributed by atoms with Crippen LogP contribution in [0.25, 0.3) is 0 Å². The van der Waals surface area contributed by atoms with Gasteiger partial charge in [-0.2, -0.15) is 0 Å². The van der Waals surface area contributed by atoms with Gasteiger partial charge in [0.2, 0.25) is 0 Å². The second-order valence-corrected chi connectivity index (χ2v) is 3.23. The van der Waals surface area contributed by atoms with Crippen LogP contribution in [0.1, 0.15) is 18.3 Å². The molecule has 0 saturated heterocycles. The van der Waals surface area contributed by atoms with Gasteiger partial charge in [-0.25, -0.2) is 0 Å². The fourth-order valence-electron chi connectivity index (χ4n) is 1.03. The number of hydrogen-bond acceptors (Lipinski definition) is 3. The molecule has 0 aromatic carbocycles. The molecule has 2 N–H and O–H groups in total. The molecule has 0 aliphatic rings. The molecule has 0 aliphatic heterocycles. The zero-order valence-electron chi connectivity index (χ0n) is 6.92. The number of furan rings is 1. The van der Waals surface area contributed by atoms with Gasteiger partial charge in [0.15, 0.2) is 4.67 Å². The van der Waals surface area contributed by atoms with Crippen molar-refractivity contribution < 1.29 is 9.15 Å². The van der Waals surface area contributed by atoms with Crippen molar-refractivity contribution >= 4 is 15.9 Å². The van der Waals surface area contributed by atoms with E-state index in [4.69, 9.17) is 14.9 Å². The SMILES string of the molecule is COC(CCN)c1ccc(Br)o1. The number of hydrogen-bond donors (Lipinski definition) is 1. The van der Waals surface area contributed by atoms with Crippen molar-refractivity contribution in [1.82, 2.24) is 0 Å². The Hall–Kier alpha value is -0.320. The lowest BCUT2D eigenvalue weighted by Gasteiger charge is -2.10. The fourth-order valence-corrected chi connectivity index (χ4v) is 1.35. The molecule has 4 heteroatoms. The lowest BCUT2D eigenvalue weighted by molar-refractivity contribution is 0.0779. The Kier molecular flexibility index (Phi) is 3.78. The maximum Gasteiger partial charge on any atom is 0.169 e. The van der Waals surface area contributed by atoms with Crippen molar-refractivity contribution in [1.29, 1.82) is 0 Å². The summed E-state index contributed by atoms with van der Waals surface area (Å²) >= 11 is 3.23. The lowest BCUT2D eigenvalue weighted by atomic mass is 10.2. The first kappa shape index (κ1) is 9.77. The second kappa shape index (κ2) is 4.64. The Labute approximate surface area is 80.0 Å². The van der Waals surface area contributed by atoms with Crippen molar-refractivity contribution in [3.05, 3.63) is 22.6 Å². The molecule has 1 aromatic rings. The van der Waals surface area contributed by atoms with Crippen LogP contribution in [0, 0.1) is 0 Å². The third-order valence-corrected chi connectivity index (χ3v) is 2.05. The minimum Gasteiger partial charge on any atom is -0.452 e. The summed E-state index contributed by atoms with van der Waals surface area (Å²) in [7, 11) is 1.65. The predicted octanol–water partition coefficient (Wildman–Crippen LogP) is 2.08. The van der Waals surface area contributed by atoms with Crippen LogP contribution in [0.2, 0.25) is 0 Å². The molecule has 0 fully saturated rings. The first-order valence-corrected chi connectivity index (χ1v) is 4.55. The molecule has 0 radical (unpaired) electrons. The van der Waals surface area contributed by atoms with Crippen molar-refractivity contribution in [2.24, 2.45) is 5.73 Å². The highest BCUT2D eigenvalue weighted by molar-refractivity contribution is 9.10. The molecule has 1 unspecified atom stereocenters. The maximum absolute atomic E-state index is 5.42. The summed E-state index contributed by atoms with van der Waals surface area (Å²) in [4.78, 5) is 0. The van der Waals surface area contributed by atoms with Crippen molar-refractivity contribution in [2.45, 2.75) is 12.5 Å². The zero-order valence-corrected chi connectivity index (χ0v) is 8.50. The van der Waals surface area contributed by atoms with E-state index in [1.54, 1.807) is 7.11 Å². The maximum atomic E-state index is 5.42. The summed E-state index contributed by atoms with van der Waals surface area (Å²) in [6, 6.07) is 3.73.